The number of amides is 1. The molecule has 0 atom stereocenters. The second-order valence-corrected chi connectivity index (χ2v) is 6.15. The number of benzene rings is 1. The van der Waals surface area contributed by atoms with E-state index in [1.165, 1.54) is 4.90 Å². The Morgan fingerprint density at radius 3 is 2.20 bits per heavy atom. The number of halogens is 1. The number of hydrogen-bond donors (Lipinski definition) is 1. The van der Waals surface area contributed by atoms with Crippen LogP contribution in [0.1, 0.15) is 26.3 Å². The number of nitrogens with zero attached hydrogens (tertiary/aromatic N) is 1. The average molecular weight is 294 g/mol. The first-order valence-corrected chi connectivity index (χ1v) is 6.64. The second-order valence-electron chi connectivity index (χ2n) is 5.72. The van der Waals surface area contributed by atoms with Crippen LogP contribution in [-0.2, 0) is 9.59 Å². The zero-order valence-corrected chi connectivity index (χ0v) is 12.4. The molecule has 0 bridgehead atoms. The summed E-state index contributed by atoms with van der Waals surface area (Å²) in [5.41, 5.74) is -0.210. The molecule has 0 aromatic heterocycles. The van der Waals surface area contributed by atoms with Crippen molar-refractivity contribution in [3.8, 4) is 0 Å². The Kier molecular flexibility index (Phi) is 3.61. The van der Waals surface area contributed by atoms with E-state index < -0.39 is 11.4 Å². The van der Waals surface area contributed by atoms with E-state index in [1.807, 2.05) is 20.8 Å². The van der Waals surface area contributed by atoms with E-state index in [0.29, 0.717) is 10.6 Å². The SMILES string of the molecule is CC(C)(C)N1CC(=O)/C(=C(/O)c2ccc(Cl)cc2)C1=O. The molecule has 1 aromatic rings. The van der Waals surface area contributed by atoms with Crippen molar-refractivity contribution in [1.82, 2.24) is 4.90 Å². The Labute approximate surface area is 122 Å². The maximum absolute atomic E-state index is 12.3. The van der Waals surface area contributed by atoms with Gasteiger partial charge in [-0.15, -0.1) is 0 Å². The lowest BCUT2D eigenvalue weighted by molar-refractivity contribution is -0.129. The maximum atomic E-state index is 12.3. The molecule has 106 valence electrons. The summed E-state index contributed by atoms with van der Waals surface area (Å²) in [6.45, 7) is 5.54. The molecular formula is C15H16ClNO3. The van der Waals surface area contributed by atoms with Gasteiger partial charge in [-0.25, -0.2) is 0 Å². The minimum Gasteiger partial charge on any atom is -0.506 e. The summed E-state index contributed by atoms with van der Waals surface area (Å²) in [6, 6.07) is 6.34. The van der Waals surface area contributed by atoms with Crippen molar-refractivity contribution < 1.29 is 14.7 Å². The first-order valence-electron chi connectivity index (χ1n) is 6.26. The monoisotopic (exact) mass is 293 g/mol. The predicted octanol–water partition coefficient (Wildman–Crippen LogP) is 2.82. The highest BCUT2D eigenvalue weighted by atomic mass is 35.5. The number of carbonyl (C=O) groups excluding carboxylic acids is 2. The molecule has 0 unspecified atom stereocenters. The highest BCUT2D eigenvalue weighted by Crippen LogP contribution is 2.28. The van der Waals surface area contributed by atoms with E-state index in [1.54, 1.807) is 24.3 Å². The third-order valence-corrected chi connectivity index (χ3v) is 3.46. The molecule has 4 nitrogen and oxygen atoms in total. The highest BCUT2D eigenvalue weighted by Gasteiger charge is 2.41. The van der Waals surface area contributed by atoms with E-state index in [-0.39, 0.29) is 23.7 Å². The molecule has 0 aliphatic carbocycles. The lowest BCUT2D eigenvalue weighted by Gasteiger charge is -2.30. The Hall–Kier alpha value is -1.81. The molecule has 1 N–H and O–H groups in total. The second kappa shape index (κ2) is 4.94. The molecule has 1 heterocycles. The normalized spacial score (nSPS) is 18.7. The Bertz CT molecular complexity index is 597. The van der Waals surface area contributed by atoms with Gasteiger partial charge in [0.2, 0.25) is 0 Å². The van der Waals surface area contributed by atoms with Crippen molar-refractivity contribution in [2.75, 3.05) is 6.54 Å². The maximum Gasteiger partial charge on any atom is 0.262 e. The van der Waals surface area contributed by atoms with Gasteiger partial charge in [-0.1, -0.05) is 11.6 Å². The first kappa shape index (κ1) is 14.6. The van der Waals surface area contributed by atoms with Crippen molar-refractivity contribution in [2.24, 2.45) is 0 Å². The summed E-state index contributed by atoms with van der Waals surface area (Å²) >= 11 is 5.78. The van der Waals surface area contributed by atoms with Crippen LogP contribution in [-0.4, -0.2) is 33.8 Å². The molecule has 1 saturated heterocycles. The predicted molar refractivity (Wildman–Crippen MR) is 77.5 cm³/mol. The molecule has 1 aliphatic rings. The van der Waals surface area contributed by atoms with Crippen LogP contribution in [0.3, 0.4) is 0 Å². The molecule has 5 heteroatoms. The fraction of sp³-hybridized carbons (Fsp3) is 0.333. The third-order valence-electron chi connectivity index (χ3n) is 3.20. The van der Waals surface area contributed by atoms with Gasteiger partial charge in [-0.2, -0.15) is 0 Å². The van der Waals surface area contributed by atoms with Gasteiger partial charge in [-0.05, 0) is 45.0 Å². The number of aliphatic hydroxyl groups is 1. The zero-order chi connectivity index (χ0) is 15.1. The number of hydrogen-bond acceptors (Lipinski definition) is 3. The van der Waals surface area contributed by atoms with Crippen LogP contribution in [0.5, 0.6) is 0 Å². The molecule has 1 aromatic carbocycles. The van der Waals surface area contributed by atoms with Gasteiger partial charge in [0.05, 0.1) is 6.54 Å². The van der Waals surface area contributed by atoms with E-state index in [0.717, 1.165) is 0 Å². The average Bonchev–Trinajstić information content (AvgIpc) is 2.65. The molecule has 0 spiro atoms. The van der Waals surface area contributed by atoms with Crippen LogP contribution >= 0.6 is 11.6 Å². The minimum absolute atomic E-state index is 0.00465. The van der Waals surface area contributed by atoms with Crippen LogP contribution < -0.4 is 0 Å². The van der Waals surface area contributed by atoms with Crippen molar-refractivity contribution in [2.45, 2.75) is 26.3 Å². The Balaban J connectivity index is 2.45. The van der Waals surface area contributed by atoms with Gasteiger partial charge in [0.1, 0.15) is 11.3 Å². The highest BCUT2D eigenvalue weighted by molar-refractivity contribution is 6.31. The van der Waals surface area contributed by atoms with E-state index in [9.17, 15) is 14.7 Å². The first-order chi connectivity index (χ1) is 9.21. The minimum atomic E-state index is -0.464. The lowest BCUT2D eigenvalue weighted by atomic mass is 10.1. The largest absolute Gasteiger partial charge is 0.506 e. The van der Waals surface area contributed by atoms with Gasteiger partial charge >= 0.3 is 0 Å². The van der Waals surface area contributed by atoms with Gasteiger partial charge in [0.25, 0.3) is 5.91 Å². The summed E-state index contributed by atoms with van der Waals surface area (Å²) in [7, 11) is 0. The van der Waals surface area contributed by atoms with Crippen LogP contribution in [0.15, 0.2) is 29.8 Å². The molecule has 0 radical (unpaired) electrons. The number of carbonyl (C=O) groups is 2. The molecular weight excluding hydrogens is 278 g/mol. The van der Waals surface area contributed by atoms with Gasteiger partial charge in [-0.3, -0.25) is 9.59 Å². The van der Waals surface area contributed by atoms with Crippen LogP contribution in [0.2, 0.25) is 5.02 Å². The topological polar surface area (TPSA) is 57.6 Å². The van der Waals surface area contributed by atoms with Gasteiger partial charge in [0, 0.05) is 16.1 Å². The number of ketones is 1. The fourth-order valence-electron chi connectivity index (χ4n) is 2.08. The van der Waals surface area contributed by atoms with E-state index in [4.69, 9.17) is 11.6 Å². The van der Waals surface area contributed by atoms with Crippen molar-refractivity contribution in [3.63, 3.8) is 0 Å². The number of likely N-dealkylation sites (tertiary alicyclic amines) is 1. The molecule has 1 fully saturated rings. The van der Waals surface area contributed by atoms with Crippen LogP contribution in [0, 0.1) is 0 Å². The molecule has 20 heavy (non-hydrogen) atoms. The number of rotatable bonds is 1. The Morgan fingerprint density at radius 2 is 1.75 bits per heavy atom. The summed E-state index contributed by atoms with van der Waals surface area (Å²) in [4.78, 5) is 25.8. The van der Waals surface area contributed by atoms with Gasteiger partial charge in [0.15, 0.2) is 5.78 Å². The number of aliphatic hydroxyl groups excluding tert-OH is 1. The summed E-state index contributed by atoms with van der Waals surface area (Å²) < 4.78 is 0. The van der Waals surface area contributed by atoms with Crippen molar-refractivity contribution >= 4 is 29.1 Å². The molecule has 2 rings (SSSR count). The van der Waals surface area contributed by atoms with E-state index in [2.05, 4.69) is 0 Å². The lowest BCUT2D eigenvalue weighted by Crippen LogP contribution is -2.42. The zero-order valence-electron chi connectivity index (χ0n) is 11.6. The smallest absolute Gasteiger partial charge is 0.262 e. The summed E-state index contributed by atoms with van der Waals surface area (Å²) in [6.07, 6.45) is 0. The van der Waals surface area contributed by atoms with Crippen LogP contribution in [0.4, 0.5) is 0 Å². The summed E-state index contributed by atoms with van der Waals surface area (Å²) in [5, 5.41) is 10.7. The van der Waals surface area contributed by atoms with Crippen molar-refractivity contribution in [3.05, 3.63) is 40.4 Å². The quantitative estimate of drug-likeness (QED) is 0.492. The summed E-state index contributed by atoms with van der Waals surface area (Å²) in [5.74, 6) is -1.09. The third kappa shape index (κ3) is 2.56. The number of Topliss-reactive ketones (excluding diaryl/α,β-unsaturated/α-hetero) is 1. The fourth-order valence-corrected chi connectivity index (χ4v) is 2.20. The molecule has 0 saturated carbocycles. The van der Waals surface area contributed by atoms with Crippen LogP contribution in [0.25, 0.3) is 5.76 Å². The van der Waals surface area contributed by atoms with E-state index >= 15 is 0 Å². The molecule has 1 amide bonds. The van der Waals surface area contributed by atoms with Crippen molar-refractivity contribution in [1.29, 1.82) is 0 Å². The standard InChI is InChI=1S/C15H16ClNO3/c1-15(2,3)17-8-11(18)12(14(17)20)13(19)9-4-6-10(16)7-5-9/h4-7,19H,8H2,1-3H3/b13-12-. The van der Waals surface area contributed by atoms with Gasteiger partial charge < -0.3 is 10.0 Å². The molecule has 1 aliphatic heterocycles. The Morgan fingerprint density at radius 1 is 1.20 bits per heavy atom.